The molecule has 2 unspecified atom stereocenters. The number of nitrogens with zero attached hydrogens (tertiary/aromatic N) is 2. The first-order valence-electron chi connectivity index (χ1n) is 9.80. The van der Waals surface area contributed by atoms with Crippen molar-refractivity contribution in [3.63, 3.8) is 0 Å². The Bertz CT molecular complexity index is 1100. The summed E-state index contributed by atoms with van der Waals surface area (Å²) >= 11 is 0. The van der Waals surface area contributed by atoms with Crippen LogP contribution in [0.25, 0.3) is 0 Å². The molecule has 2 aromatic rings. The topological polar surface area (TPSA) is 91.6 Å². The molecule has 0 spiro atoms. The monoisotopic (exact) mass is 417 g/mol. The predicted molar refractivity (Wildman–Crippen MR) is 103 cm³/mol. The summed E-state index contributed by atoms with van der Waals surface area (Å²) in [5.74, 6) is -3.57. The number of halogens is 2. The fraction of sp³-hybridized carbons (Fsp3) is 0.381. The van der Waals surface area contributed by atoms with Gasteiger partial charge >= 0.3 is 0 Å². The molecule has 2 N–H and O–H groups in total. The Morgan fingerprint density at radius 2 is 2.03 bits per heavy atom. The maximum Gasteiger partial charge on any atom is 0.274 e. The Morgan fingerprint density at radius 1 is 1.27 bits per heavy atom. The van der Waals surface area contributed by atoms with Crippen LogP contribution in [-0.2, 0) is 6.54 Å². The molecule has 4 rings (SSSR count). The van der Waals surface area contributed by atoms with E-state index in [4.69, 9.17) is 0 Å². The summed E-state index contributed by atoms with van der Waals surface area (Å²) in [5, 5.41) is 12.9. The fourth-order valence-corrected chi connectivity index (χ4v) is 4.27. The second-order valence-corrected chi connectivity index (χ2v) is 7.70. The number of pyridine rings is 1. The standard InChI is InChI=1S/C21H21F2N3O4/c1-11-16-4-2-3-7-25(11)21(30)17-19(28)18(27)14(10-26(16)17)20(29)24-9-12-5-6-13(22)8-15(12)23/h5-6,8,10-11,16,28H,2-4,7,9H2,1H3,(H,24,29). The van der Waals surface area contributed by atoms with Crippen LogP contribution >= 0.6 is 0 Å². The maximum absolute atomic E-state index is 13.8. The molecule has 2 bridgehead atoms. The molecule has 9 heteroatoms. The second-order valence-electron chi connectivity index (χ2n) is 7.70. The van der Waals surface area contributed by atoms with Gasteiger partial charge < -0.3 is 19.9 Å². The van der Waals surface area contributed by atoms with Crippen molar-refractivity contribution < 1.29 is 23.5 Å². The van der Waals surface area contributed by atoms with Gasteiger partial charge in [-0.3, -0.25) is 14.4 Å². The van der Waals surface area contributed by atoms with Crippen molar-refractivity contribution in [1.29, 1.82) is 0 Å². The Morgan fingerprint density at radius 3 is 2.77 bits per heavy atom. The van der Waals surface area contributed by atoms with E-state index in [1.54, 1.807) is 4.90 Å². The van der Waals surface area contributed by atoms with E-state index < -0.39 is 34.6 Å². The molecule has 2 aliphatic rings. The first-order valence-corrected chi connectivity index (χ1v) is 9.80. The van der Waals surface area contributed by atoms with Crippen molar-refractivity contribution in [2.24, 2.45) is 0 Å². The minimum atomic E-state index is -0.959. The molecule has 2 atom stereocenters. The SMILES string of the molecule is CC1C2CCCCN1C(=O)c1c(O)c(=O)c(C(=O)NCc3ccc(F)cc3F)cn12. The number of aromatic hydroxyl groups is 1. The molecule has 7 nitrogen and oxygen atoms in total. The molecule has 1 saturated heterocycles. The van der Waals surface area contributed by atoms with E-state index in [1.165, 1.54) is 16.8 Å². The molecule has 2 amide bonds. The average molecular weight is 417 g/mol. The zero-order valence-electron chi connectivity index (χ0n) is 16.3. The Labute approximate surface area is 170 Å². The van der Waals surface area contributed by atoms with Crippen LogP contribution in [0.5, 0.6) is 5.75 Å². The first kappa shape index (κ1) is 20.1. The van der Waals surface area contributed by atoms with Crippen LogP contribution in [-0.4, -0.2) is 39.0 Å². The number of amides is 2. The highest BCUT2D eigenvalue weighted by Gasteiger charge is 2.40. The van der Waals surface area contributed by atoms with E-state index in [1.807, 2.05) is 6.92 Å². The summed E-state index contributed by atoms with van der Waals surface area (Å²) in [5.41, 5.74) is -1.35. The van der Waals surface area contributed by atoms with Crippen molar-refractivity contribution in [1.82, 2.24) is 14.8 Å². The predicted octanol–water partition coefficient (Wildman–Crippen LogP) is 2.33. The molecule has 1 aromatic heterocycles. The first-order chi connectivity index (χ1) is 14.3. The Balaban J connectivity index is 1.68. The van der Waals surface area contributed by atoms with E-state index >= 15 is 0 Å². The van der Waals surface area contributed by atoms with Gasteiger partial charge in [0.2, 0.25) is 5.43 Å². The van der Waals surface area contributed by atoms with Crippen molar-refractivity contribution in [2.75, 3.05) is 6.54 Å². The summed E-state index contributed by atoms with van der Waals surface area (Å²) in [7, 11) is 0. The van der Waals surface area contributed by atoms with Crippen LogP contribution in [0.4, 0.5) is 8.78 Å². The minimum absolute atomic E-state index is 0.0512. The second kappa shape index (κ2) is 7.55. The molecule has 1 aromatic carbocycles. The highest BCUT2D eigenvalue weighted by Crippen LogP contribution is 2.36. The van der Waals surface area contributed by atoms with Crippen molar-refractivity contribution >= 4 is 11.8 Å². The lowest BCUT2D eigenvalue weighted by molar-refractivity contribution is 0.0565. The van der Waals surface area contributed by atoms with E-state index in [9.17, 15) is 28.3 Å². The highest BCUT2D eigenvalue weighted by atomic mass is 19.1. The zero-order valence-corrected chi connectivity index (χ0v) is 16.3. The molecule has 0 aliphatic carbocycles. The minimum Gasteiger partial charge on any atom is -0.503 e. The third-order valence-electron chi connectivity index (χ3n) is 5.93. The van der Waals surface area contributed by atoms with Gasteiger partial charge in [0.1, 0.15) is 17.2 Å². The van der Waals surface area contributed by atoms with Crippen LogP contribution in [0.15, 0.2) is 29.2 Å². The number of carbonyl (C=O) groups excluding carboxylic acids is 2. The number of aromatic nitrogens is 1. The summed E-state index contributed by atoms with van der Waals surface area (Å²) in [6.45, 7) is 2.19. The van der Waals surface area contributed by atoms with Gasteiger partial charge in [-0.2, -0.15) is 0 Å². The summed E-state index contributed by atoms with van der Waals surface area (Å²) < 4.78 is 28.4. The summed E-state index contributed by atoms with van der Waals surface area (Å²) in [6.07, 6.45) is 3.73. The maximum atomic E-state index is 13.8. The number of carbonyl (C=O) groups is 2. The van der Waals surface area contributed by atoms with Crippen molar-refractivity contribution in [3.05, 3.63) is 63.1 Å². The van der Waals surface area contributed by atoms with Gasteiger partial charge in [-0.25, -0.2) is 8.78 Å². The van der Waals surface area contributed by atoms with Crippen LogP contribution < -0.4 is 10.7 Å². The van der Waals surface area contributed by atoms with E-state index in [0.717, 1.165) is 25.3 Å². The van der Waals surface area contributed by atoms with Crippen LogP contribution in [0.3, 0.4) is 0 Å². The highest BCUT2D eigenvalue weighted by molar-refractivity contribution is 5.99. The molecule has 3 heterocycles. The fourth-order valence-electron chi connectivity index (χ4n) is 4.27. The molecule has 2 aliphatic heterocycles. The Kier molecular flexibility index (Phi) is 5.05. The molecule has 30 heavy (non-hydrogen) atoms. The number of hydrogen-bond donors (Lipinski definition) is 2. The number of rotatable bonds is 3. The average Bonchev–Trinajstić information content (AvgIpc) is 2.85. The normalized spacial score (nSPS) is 20.5. The van der Waals surface area contributed by atoms with Gasteiger partial charge in [-0.05, 0) is 32.3 Å². The molecule has 1 fully saturated rings. The molecular formula is C21H21F2N3O4. The zero-order chi connectivity index (χ0) is 21.6. The lowest BCUT2D eigenvalue weighted by atomic mass is 9.99. The van der Waals surface area contributed by atoms with Crippen molar-refractivity contribution in [2.45, 2.75) is 44.8 Å². The number of nitrogens with one attached hydrogen (secondary N) is 1. The molecule has 0 saturated carbocycles. The third kappa shape index (κ3) is 3.24. The molecule has 158 valence electrons. The molecule has 0 radical (unpaired) electrons. The van der Waals surface area contributed by atoms with Crippen molar-refractivity contribution in [3.8, 4) is 5.75 Å². The van der Waals surface area contributed by atoms with E-state index in [-0.39, 0.29) is 35.4 Å². The number of hydrogen-bond acceptors (Lipinski definition) is 4. The van der Waals surface area contributed by atoms with E-state index in [2.05, 4.69) is 5.32 Å². The third-order valence-corrected chi connectivity index (χ3v) is 5.93. The number of benzene rings is 1. The lowest BCUT2D eigenvalue weighted by Gasteiger charge is -2.40. The van der Waals surface area contributed by atoms with Crippen LogP contribution in [0.2, 0.25) is 0 Å². The molecular weight excluding hydrogens is 396 g/mol. The van der Waals surface area contributed by atoms with Gasteiger partial charge in [-0.15, -0.1) is 0 Å². The van der Waals surface area contributed by atoms with Gasteiger partial charge in [0.15, 0.2) is 11.4 Å². The van der Waals surface area contributed by atoms with Gasteiger partial charge in [0, 0.05) is 37.0 Å². The quantitative estimate of drug-likeness (QED) is 0.802. The van der Waals surface area contributed by atoms with Gasteiger partial charge in [0.25, 0.3) is 11.8 Å². The van der Waals surface area contributed by atoms with Crippen LogP contribution in [0, 0.1) is 11.6 Å². The van der Waals surface area contributed by atoms with Gasteiger partial charge in [-0.1, -0.05) is 6.07 Å². The summed E-state index contributed by atoms with van der Waals surface area (Å²) in [6, 6.07) is 2.65. The lowest BCUT2D eigenvalue weighted by Crippen LogP contribution is -2.49. The van der Waals surface area contributed by atoms with E-state index in [0.29, 0.717) is 12.6 Å². The largest absolute Gasteiger partial charge is 0.503 e. The summed E-state index contributed by atoms with van der Waals surface area (Å²) in [4.78, 5) is 39.8. The van der Waals surface area contributed by atoms with Crippen LogP contribution in [0.1, 0.15) is 58.6 Å². The Hall–Kier alpha value is -3.23. The van der Waals surface area contributed by atoms with Gasteiger partial charge in [0.05, 0.1) is 6.04 Å². The number of fused-ring (bicyclic) bond motifs is 4. The smallest absolute Gasteiger partial charge is 0.274 e.